The van der Waals surface area contributed by atoms with E-state index in [4.69, 9.17) is 0 Å². The van der Waals surface area contributed by atoms with Crippen LogP contribution < -0.4 is 0 Å². The van der Waals surface area contributed by atoms with Crippen molar-refractivity contribution in [2.75, 3.05) is 5.75 Å². The van der Waals surface area contributed by atoms with E-state index in [1.807, 2.05) is 0 Å². The third-order valence-electron chi connectivity index (χ3n) is 2.78. The van der Waals surface area contributed by atoms with Gasteiger partial charge in [0.2, 0.25) is 0 Å². The molecule has 0 saturated heterocycles. The maximum atomic E-state index is 4.27. The average Bonchev–Trinajstić information content (AvgIpc) is 2.41. The molecule has 2 rings (SSSR count). The molecule has 88 valence electrons. The van der Waals surface area contributed by atoms with E-state index in [0.29, 0.717) is 0 Å². The first-order valence-electron chi connectivity index (χ1n) is 5.96. The first-order valence-corrected chi connectivity index (χ1v) is 7.52. The lowest BCUT2D eigenvalue weighted by atomic mass is 10.1. The SMILES string of the molecule is C=S(CCCc1ccccc1)c1ccccc1. The zero-order valence-electron chi connectivity index (χ0n) is 10.0. The summed E-state index contributed by atoms with van der Waals surface area (Å²) >= 11 is 0. The van der Waals surface area contributed by atoms with Gasteiger partial charge in [0, 0.05) is 4.90 Å². The van der Waals surface area contributed by atoms with Gasteiger partial charge in [-0.25, -0.2) is 0 Å². The van der Waals surface area contributed by atoms with E-state index in [1.165, 1.54) is 22.6 Å². The van der Waals surface area contributed by atoms with Crippen molar-refractivity contribution < 1.29 is 0 Å². The van der Waals surface area contributed by atoms with Gasteiger partial charge in [-0.05, 0) is 36.3 Å². The van der Waals surface area contributed by atoms with Crippen molar-refractivity contribution in [2.45, 2.75) is 17.7 Å². The minimum atomic E-state index is 0.143. The molecule has 0 aliphatic heterocycles. The molecule has 0 radical (unpaired) electrons. The summed E-state index contributed by atoms with van der Waals surface area (Å²) in [6, 6.07) is 21.3. The minimum absolute atomic E-state index is 0.143. The van der Waals surface area contributed by atoms with Crippen LogP contribution in [0.1, 0.15) is 12.0 Å². The quantitative estimate of drug-likeness (QED) is 0.683. The van der Waals surface area contributed by atoms with Gasteiger partial charge >= 0.3 is 0 Å². The van der Waals surface area contributed by atoms with E-state index in [0.717, 1.165) is 6.42 Å². The lowest BCUT2D eigenvalue weighted by molar-refractivity contribution is 0.932. The second-order valence-electron chi connectivity index (χ2n) is 4.10. The number of aryl methyl sites for hydroxylation is 1. The van der Waals surface area contributed by atoms with E-state index < -0.39 is 0 Å². The first-order chi connectivity index (χ1) is 8.36. The van der Waals surface area contributed by atoms with E-state index in [1.54, 1.807) is 0 Å². The molecular weight excluding hydrogens is 224 g/mol. The highest BCUT2D eigenvalue weighted by Gasteiger charge is 1.97. The largest absolute Gasteiger partial charge is 0.162 e. The zero-order chi connectivity index (χ0) is 11.9. The summed E-state index contributed by atoms with van der Waals surface area (Å²) in [6.07, 6.45) is 2.37. The molecule has 0 aliphatic carbocycles. The predicted octanol–water partition coefficient (Wildman–Crippen LogP) is 4.38. The molecule has 0 heterocycles. The summed E-state index contributed by atoms with van der Waals surface area (Å²) < 4.78 is 0. The van der Waals surface area contributed by atoms with Crippen LogP contribution in [-0.4, -0.2) is 11.6 Å². The summed E-state index contributed by atoms with van der Waals surface area (Å²) in [5.41, 5.74) is 1.43. The van der Waals surface area contributed by atoms with Crippen LogP contribution in [0, 0.1) is 0 Å². The molecule has 0 saturated carbocycles. The van der Waals surface area contributed by atoms with Crippen molar-refractivity contribution in [2.24, 2.45) is 0 Å². The Bertz CT molecular complexity index is 459. The number of benzene rings is 2. The normalized spacial score (nSPS) is 12.2. The van der Waals surface area contributed by atoms with Crippen molar-refractivity contribution in [1.29, 1.82) is 0 Å². The first kappa shape index (κ1) is 12.1. The molecule has 0 amide bonds. The summed E-state index contributed by atoms with van der Waals surface area (Å²) in [6.45, 7) is 0. The summed E-state index contributed by atoms with van der Waals surface area (Å²) in [7, 11) is 0.143. The van der Waals surface area contributed by atoms with Crippen molar-refractivity contribution >= 4 is 16.4 Å². The van der Waals surface area contributed by atoms with Gasteiger partial charge in [-0.1, -0.05) is 54.4 Å². The summed E-state index contributed by atoms with van der Waals surface area (Å²) in [5.74, 6) is 5.45. The molecule has 1 unspecified atom stereocenters. The highest BCUT2D eigenvalue weighted by molar-refractivity contribution is 8.14. The van der Waals surface area contributed by atoms with Crippen LogP contribution in [-0.2, 0) is 6.42 Å². The third-order valence-corrected chi connectivity index (χ3v) is 4.50. The van der Waals surface area contributed by atoms with Crippen molar-refractivity contribution in [1.82, 2.24) is 0 Å². The van der Waals surface area contributed by atoms with Gasteiger partial charge in [-0.3, -0.25) is 0 Å². The van der Waals surface area contributed by atoms with Crippen LogP contribution in [0.3, 0.4) is 0 Å². The molecule has 0 aliphatic rings. The molecule has 0 fully saturated rings. The Balaban J connectivity index is 1.82. The number of hydrogen-bond acceptors (Lipinski definition) is 0. The maximum absolute atomic E-state index is 4.27. The summed E-state index contributed by atoms with van der Waals surface area (Å²) in [4.78, 5) is 1.38. The molecule has 0 spiro atoms. The van der Waals surface area contributed by atoms with Gasteiger partial charge in [-0.2, -0.15) is 10.5 Å². The Hall–Kier alpha value is -1.34. The van der Waals surface area contributed by atoms with Crippen LogP contribution in [0.4, 0.5) is 0 Å². The molecule has 17 heavy (non-hydrogen) atoms. The molecule has 1 atom stereocenters. The Labute approximate surface area is 106 Å². The minimum Gasteiger partial charge on any atom is -0.162 e. The highest BCUT2D eigenvalue weighted by Crippen LogP contribution is 2.25. The fraction of sp³-hybridized carbons (Fsp3) is 0.188. The average molecular weight is 242 g/mol. The lowest BCUT2D eigenvalue weighted by Crippen LogP contribution is -1.89. The second kappa shape index (κ2) is 6.41. The fourth-order valence-electron chi connectivity index (χ4n) is 1.83. The van der Waals surface area contributed by atoms with Gasteiger partial charge in [0.15, 0.2) is 0 Å². The van der Waals surface area contributed by atoms with Gasteiger partial charge in [0.25, 0.3) is 0 Å². The van der Waals surface area contributed by atoms with Gasteiger partial charge in [-0.15, -0.1) is 0 Å². The van der Waals surface area contributed by atoms with Crippen molar-refractivity contribution in [3.8, 4) is 0 Å². The third kappa shape index (κ3) is 3.86. The van der Waals surface area contributed by atoms with Crippen molar-refractivity contribution in [3.05, 3.63) is 66.2 Å². The second-order valence-corrected chi connectivity index (χ2v) is 5.96. The van der Waals surface area contributed by atoms with E-state index in [2.05, 4.69) is 66.5 Å². The lowest BCUT2D eigenvalue weighted by Gasteiger charge is -2.07. The molecule has 0 bridgehead atoms. The van der Waals surface area contributed by atoms with Crippen LogP contribution >= 0.6 is 10.5 Å². The molecule has 0 aromatic heterocycles. The van der Waals surface area contributed by atoms with Crippen LogP contribution in [0.15, 0.2) is 65.6 Å². The highest BCUT2D eigenvalue weighted by atomic mass is 32.2. The molecule has 0 N–H and O–H groups in total. The molecule has 1 heteroatoms. The maximum Gasteiger partial charge on any atom is 0.00111 e. The van der Waals surface area contributed by atoms with Crippen LogP contribution in [0.5, 0.6) is 0 Å². The predicted molar refractivity (Wildman–Crippen MR) is 79.1 cm³/mol. The van der Waals surface area contributed by atoms with Crippen molar-refractivity contribution in [3.63, 3.8) is 0 Å². The van der Waals surface area contributed by atoms with Gasteiger partial charge in [0.05, 0.1) is 0 Å². The van der Waals surface area contributed by atoms with Gasteiger partial charge in [0.1, 0.15) is 0 Å². The molecule has 2 aromatic carbocycles. The van der Waals surface area contributed by atoms with E-state index in [-0.39, 0.29) is 10.5 Å². The Morgan fingerprint density at radius 1 is 0.824 bits per heavy atom. The number of hydrogen-bond donors (Lipinski definition) is 0. The molecule has 0 nitrogen and oxygen atoms in total. The fourth-order valence-corrected chi connectivity index (χ4v) is 3.10. The van der Waals surface area contributed by atoms with Gasteiger partial charge < -0.3 is 0 Å². The molecular formula is C16H18S. The monoisotopic (exact) mass is 242 g/mol. The topological polar surface area (TPSA) is 0 Å². The smallest absolute Gasteiger partial charge is 0.00111 e. The Kier molecular flexibility index (Phi) is 4.57. The van der Waals surface area contributed by atoms with E-state index >= 15 is 0 Å². The Morgan fingerprint density at radius 3 is 2.06 bits per heavy atom. The molecule has 2 aromatic rings. The summed E-state index contributed by atoms with van der Waals surface area (Å²) in [5, 5.41) is 0. The van der Waals surface area contributed by atoms with E-state index in [9.17, 15) is 0 Å². The number of rotatable bonds is 5. The van der Waals surface area contributed by atoms with Crippen LogP contribution in [0.2, 0.25) is 0 Å². The zero-order valence-corrected chi connectivity index (χ0v) is 10.8. The van der Waals surface area contributed by atoms with Crippen LogP contribution in [0.25, 0.3) is 0 Å². The standard InChI is InChI=1S/C16H18S/c1-17(16-12-6-3-7-13-16)14-8-11-15-9-4-2-5-10-15/h2-7,9-10,12-13H,1,8,11,14H2. The Morgan fingerprint density at radius 2 is 1.41 bits per heavy atom.